The van der Waals surface area contributed by atoms with E-state index in [0.717, 1.165) is 20.9 Å². The van der Waals surface area contributed by atoms with Gasteiger partial charge in [-0.1, -0.05) is 0 Å². The number of halogens is 1. The fraction of sp³-hybridized carbons (Fsp3) is 0. The molecule has 2 rings (SSSR count). The van der Waals surface area contributed by atoms with Gasteiger partial charge in [-0.3, -0.25) is 4.79 Å². The number of nitrogens with one attached hydrogen (secondary N) is 1. The molecule has 0 saturated heterocycles. The van der Waals surface area contributed by atoms with E-state index in [4.69, 9.17) is 0 Å². The number of fused-ring (bicyclic) bond motifs is 1. The largest absolute Gasteiger partial charge is 0.345 e. The molecule has 2 aromatic rings. The number of hydrogen-bond acceptors (Lipinski definition) is 2. The second-order valence-electron chi connectivity index (χ2n) is 2.38. The number of aldehydes is 1. The number of H-pyrrole nitrogens is 1. The minimum atomic E-state index is 0.661. The summed E-state index contributed by atoms with van der Waals surface area (Å²) in [6.07, 6.45) is 2.43. The smallest absolute Gasteiger partial charge is 0.153 e. The predicted molar refractivity (Wildman–Crippen MR) is 54.2 cm³/mol. The number of nitrogens with zero attached hydrogens (tertiary/aromatic N) is 1. The van der Waals surface area contributed by atoms with Crippen molar-refractivity contribution < 1.29 is 4.79 Å². The van der Waals surface area contributed by atoms with Gasteiger partial charge in [0.25, 0.3) is 0 Å². The summed E-state index contributed by atoms with van der Waals surface area (Å²) in [6.45, 7) is 0. The molecule has 3 nitrogen and oxygen atoms in total. The number of hydrogen-bond donors (Lipinski definition) is 1. The van der Waals surface area contributed by atoms with Gasteiger partial charge in [0.05, 0.1) is 22.9 Å². The first-order valence-corrected chi connectivity index (χ1v) is 4.47. The molecule has 0 bridgehead atoms. The van der Waals surface area contributed by atoms with Crippen molar-refractivity contribution in [1.29, 1.82) is 0 Å². The Bertz CT molecular complexity index is 436. The summed E-state index contributed by atoms with van der Waals surface area (Å²) >= 11 is 2.12. The second kappa shape index (κ2) is 2.85. The maximum atomic E-state index is 10.7. The summed E-state index contributed by atoms with van der Waals surface area (Å²) in [7, 11) is 0. The summed E-state index contributed by atoms with van der Waals surface area (Å²) < 4.78 is 0.933. The summed E-state index contributed by atoms with van der Waals surface area (Å²) in [5, 5.41) is 0. The van der Waals surface area contributed by atoms with Crippen LogP contribution in [-0.2, 0) is 0 Å². The Morgan fingerprint density at radius 3 is 3.08 bits per heavy atom. The number of aromatic amines is 1. The molecule has 1 heterocycles. The Morgan fingerprint density at radius 1 is 1.50 bits per heavy atom. The van der Waals surface area contributed by atoms with Crippen molar-refractivity contribution >= 4 is 39.9 Å². The second-order valence-corrected chi connectivity index (χ2v) is 3.54. The van der Waals surface area contributed by atoms with Gasteiger partial charge in [-0.25, -0.2) is 4.98 Å². The topological polar surface area (TPSA) is 45.8 Å². The highest BCUT2D eigenvalue weighted by Gasteiger charge is 2.05. The first kappa shape index (κ1) is 7.72. The SMILES string of the molecule is O=Cc1c(I)ccc2[nH]cnc12. The normalized spacial score (nSPS) is 10.4. The Balaban J connectivity index is 2.91. The van der Waals surface area contributed by atoms with Crippen molar-refractivity contribution in [3.8, 4) is 0 Å². The highest BCUT2D eigenvalue weighted by Crippen LogP contribution is 2.18. The lowest BCUT2D eigenvalue weighted by Gasteiger charge is -1.95. The molecule has 12 heavy (non-hydrogen) atoms. The third-order valence-corrected chi connectivity index (χ3v) is 2.64. The molecule has 0 fully saturated rings. The number of benzene rings is 1. The highest BCUT2D eigenvalue weighted by molar-refractivity contribution is 14.1. The van der Waals surface area contributed by atoms with Crippen molar-refractivity contribution in [1.82, 2.24) is 9.97 Å². The zero-order chi connectivity index (χ0) is 8.55. The van der Waals surface area contributed by atoms with Crippen molar-refractivity contribution in [2.45, 2.75) is 0 Å². The summed E-state index contributed by atoms with van der Waals surface area (Å²) in [6, 6.07) is 3.81. The van der Waals surface area contributed by atoms with E-state index in [1.165, 1.54) is 0 Å². The fourth-order valence-electron chi connectivity index (χ4n) is 1.12. The summed E-state index contributed by atoms with van der Waals surface area (Å²) in [5.74, 6) is 0. The molecule has 0 atom stereocenters. The van der Waals surface area contributed by atoms with Gasteiger partial charge in [-0.15, -0.1) is 0 Å². The molecule has 0 aliphatic heterocycles. The van der Waals surface area contributed by atoms with Crippen LogP contribution in [0.5, 0.6) is 0 Å². The maximum Gasteiger partial charge on any atom is 0.153 e. The molecule has 0 aliphatic rings. The maximum absolute atomic E-state index is 10.7. The molecular formula is C8H5IN2O. The molecule has 1 aromatic carbocycles. The van der Waals surface area contributed by atoms with Crippen LogP contribution in [0.25, 0.3) is 11.0 Å². The number of rotatable bonds is 1. The average molecular weight is 272 g/mol. The van der Waals surface area contributed by atoms with Gasteiger partial charge in [-0.2, -0.15) is 0 Å². The average Bonchev–Trinajstić information content (AvgIpc) is 2.52. The Labute approximate surface area is 82.3 Å². The van der Waals surface area contributed by atoms with Gasteiger partial charge >= 0.3 is 0 Å². The van der Waals surface area contributed by atoms with Crippen LogP contribution < -0.4 is 0 Å². The fourth-order valence-corrected chi connectivity index (χ4v) is 1.68. The van der Waals surface area contributed by atoms with Crippen molar-refractivity contribution in [3.63, 3.8) is 0 Å². The van der Waals surface area contributed by atoms with Gasteiger partial charge in [0.15, 0.2) is 6.29 Å². The van der Waals surface area contributed by atoms with Crippen molar-refractivity contribution in [2.24, 2.45) is 0 Å². The zero-order valence-electron chi connectivity index (χ0n) is 6.04. The van der Waals surface area contributed by atoms with E-state index in [2.05, 4.69) is 32.6 Å². The molecule has 0 amide bonds. The van der Waals surface area contributed by atoms with E-state index in [9.17, 15) is 4.79 Å². The van der Waals surface area contributed by atoms with E-state index in [-0.39, 0.29) is 0 Å². The van der Waals surface area contributed by atoms with Crippen LogP contribution in [0.1, 0.15) is 10.4 Å². The lowest BCUT2D eigenvalue weighted by atomic mass is 10.2. The van der Waals surface area contributed by atoms with Gasteiger partial charge in [0, 0.05) is 3.57 Å². The quantitative estimate of drug-likeness (QED) is 0.637. The standard InChI is InChI=1S/C8H5IN2O/c9-6-1-2-7-8(5(6)3-12)11-4-10-7/h1-4H,(H,10,11). The third kappa shape index (κ3) is 1.03. The summed E-state index contributed by atoms with van der Waals surface area (Å²) in [5.41, 5.74) is 2.31. The Morgan fingerprint density at radius 2 is 2.33 bits per heavy atom. The van der Waals surface area contributed by atoms with E-state index in [0.29, 0.717) is 5.56 Å². The van der Waals surface area contributed by atoms with Crippen molar-refractivity contribution in [3.05, 3.63) is 27.6 Å². The molecule has 0 unspecified atom stereocenters. The molecule has 4 heteroatoms. The Hall–Kier alpha value is -0.910. The van der Waals surface area contributed by atoms with E-state index >= 15 is 0 Å². The van der Waals surface area contributed by atoms with E-state index < -0.39 is 0 Å². The predicted octanol–water partition coefficient (Wildman–Crippen LogP) is 1.98. The van der Waals surface area contributed by atoms with Crippen LogP contribution in [0.4, 0.5) is 0 Å². The molecule has 0 spiro atoms. The van der Waals surface area contributed by atoms with Gasteiger partial charge in [0.1, 0.15) is 0 Å². The lowest BCUT2D eigenvalue weighted by Crippen LogP contribution is -1.87. The number of imidazole rings is 1. The summed E-state index contributed by atoms with van der Waals surface area (Å²) in [4.78, 5) is 17.7. The van der Waals surface area contributed by atoms with Crippen molar-refractivity contribution in [2.75, 3.05) is 0 Å². The van der Waals surface area contributed by atoms with Crippen LogP contribution in [0.3, 0.4) is 0 Å². The molecule has 1 N–H and O–H groups in total. The monoisotopic (exact) mass is 272 g/mol. The van der Waals surface area contributed by atoms with Crippen LogP contribution in [0.2, 0.25) is 0 Å². The van der Waals surface area contributed by atoms with E-state index in [1.807, 2.05) is 12.1 Å². The minimum absolute atomic E-state index is 0.661. The molecule has 0 radical (unpaired) electrons. The first-order chi connectivity index (χ1) is 5.83. The molecule has 0 saturated carbocycles. The third-order valence-electron chi connectivity index (χ3n) is 1.70. The lowest BCUT2D eigenvalue weighted by molar-refractivity contribution is 0.112. The Kier molecular flexibility index (Phi) is 1.84. The molecule has 0 aliphatic carbocycles. The van der Waals surface area contributed by atoms with Gasteiger partial charge in [0.2, 0.25) is 0 Å². The molecular weight excluding hydrogens is 267 g/mol. The zero-order valence-corrected chi connectivity index (χ0v) is 8.20. The number of carbonyl (C=O) groups excluding carboxylic acids is 1. The van der Waals surface area contributed by atoms with E-state index in [1.54, 1.807) is 6.33 Å². The van der Waals surface area contributed by atoms with Crippen LogP contribution in [-0.4, -0.2) is 16.3 Å². The molecule has 60 valence electrons. The highest BCUT2D eigenvalue weighted by atomic mass is 127. The van der Waals surface area contributed by atoms with Crippen LogP contribution >= 0.6 is 22.6 Å². The van der Waals surface area contributed by atoms with Crippen LogP contribution in [0, 0.1) is 3.57 Å². The van der Waals surface area contributed by atoms with Gasteiger partial charge in [-0.05, 0) is 34.7 Å². The number of aromatic nitrogens is 2. The first-order valence-electron chi connectivity index (χ1n) is 3.39. The number of carbonyl (C=O) groups is 1. The molecule has 1 aromatic heterocycles. The minimum Gasteiger partial charge on any atom is -0.345 e. The van der Waals surface area contributed by atoms with Crippen LogP contribution in [0.15, 0.2) is 18.5 Å². The van der Waals surface area contributed by atoms with Gasteiger partial charge < -0.3 is 4.98 Å².